The Morgan fingerprint density at radius 2 is 2.10 bits per heavy atom. The van der Waals surface area contributed by atoms with Gasteiger partial charge in [-0.05, 0) is 43.0 Å². The van der Waals surface area contributed by atoms with E-state index in [4.69, 9.17) is 10.6 Å². The molecule has 21 heavy (non-hydrogen) atoms. The Morgan fingerprint density at radius 3 is 2.81 bits per heavy atom. The molecule has 1 heterocycles. The minimum atomic E-state index is -4.36. The first kappa shape index (κ1) is 13.9. The van der Waals surface area contributed by atoms with Crippen LogP contribution in [0.15, 0.2) is 18.2 Å². The Balaban J connectivity index is 2.02. The fourth-order valence-corrected chi connectivity index (χ4v) is 2.66. The summed E-state index contributed by atoms with van der Waals surface area (Å²) >= 11 is 0. The zero-order valence-corrected chi connectivity index (χ0v) is 11.1. The molecule has 1 aromatic heterocycles. The molecular weight excluding hydrogens is 283 g/mol. The molecule has 0 fully saturated rings. The summed E-state index contributed by atoms with van der Waals surface area (Å²) in [6, 6.07) is 4.69. The Morgan fingerprint density at radius 1 is 1.29 bits per heavy atom. The number of ether oxygens (including phenoxy) is 1. The van der Waals surface area contributed by atoms with E-state index in [1.807, 2.05) is 0 Å². The number of alkyl halides is 3. The van der Waals surface area contributed by atoms with Gasteiger partial charge in [-0.3, -0.25) is 10.8 Å². The van der Waals surface area contributed by atoms with E-state index in [9.17, 15) is 13.2 Å². The number of aromatic nitrogens is 1. The molecule has 7 heteroatoms. The van der Waals surface area contributed by atoms with Gasteiger partial charge in [0.15, 0.2) is 6.61 Å². The number of nitrogen functional groups attached to an aromatic ring is 1. The third-order valence-corrected chi connectivity index (χ3v) is 3.53. The number of nitrogens with zero attached hydrogens (tertiary/aromatic N) is 1. The van der Waals surface area contributed by atoms with Crippen LogP contribution in [0.4, 0.5) is 18.9 Å². The number of fused-ring (bicyclic) bond motifs is 2. The predicted molar refractivity (Wildman–Crippen MR) is 73.1 cm³/mol. The van der Waals surface area contributed by atoms with E-state index >= 15 is 0 Å². The van der Waals surface area contributed by atoms with E-state index in [0.717, 1.165) is 36.2 Å². The minimum Gasteiger partial charge on any atom is -0.484 e. The highest BCUT2D eigenvalue weighted by atomic mass is 19.4. The Hall–Kier alpha value is -2.02. The van der Waals surface area contributed by atoms with Crippen molar-refractivity contribution >= 4 is 16.6 Å². The van der Waals surface area contributed by atoms with Gasteiger partial charge in [0.2, 0.25) is 0 Å². The maximum Gasteiger partial charge on any atom is 0.422 e. The van der Waals surface area contributed by atoms with Crippen LogP contribution < -0.4 is 16.0 Å². The molecule has 0 bridgehead atoms. The fraction of sp³-hybridized carbons (Fsp3) is 0.357. The summed E-state index contributed by atoms with van der Waals surface area (Å²) in [5.41, 5.74) is 6.12. The number of hydrogen-bond acceptors (Lipinski definition) is 4. The van der Waals surface area contributed by atoms with Gasteiger partial charge in [0, 0.05) is 11.1 Å². The molecule has 3 rings (SSSR count). The first-order valence-corrected chi connectivity index (χ1v) is 6.59. The predicted octanol–water partition coefficient (Wildman–Crippen LogP) is 2.95. The quantitative estimate of drug-likeness (QED) is 0.675. The minimum absolute atomic E-state index is 0.149. The number of anilines is 1. The smallest absolute Gasteiger partial charge is 0.422 e. The Bertz CT molecular complexity index is 685. The highest BCUT2D eigenvalue weighted by Gasteiger charge is 2.28. The first-order chi connectivity index (χ1) is 9.98. The van der Waals surface area contributed by atoms with Crippen molar-refractivity contribution < 1.29 is 17.9 Å². The molecule has 0 unspecified atom stereocenters. The van der Waals surface area contributed by atoms with Crippen molar-refractivity contribution in [3.8, 4) is 5.75 Å². The van der Waals surface area contributed by atoms with E-state index in [0.29, 0.717) is 10.9 Å². The number of pyridine rings is 1. The summed E-state index contributed by atoms with van der Waals surface area (Å²) in [7, 11) is 0. The van der Waals surface area contributed by atoms with Crippen LogP contribution in [-0.4, -0.2) is 17.8 Å². The molecule has 0 saturated carbocycles. The lowest BCUT2D eigenvalue weighted by molar-refractivity contribution is -0.153. The number of benzene rings is 1. The number of hydrazine groups is 1. The number of aryl methyl sites for hydroxylation is 1. The third kappa shape index (κ3) is 2.73. The van der Waals surface area contributed by atoms with Crippen molar-refractivity contribution in [3.63, 3.8) is 0 Å². The van der Waals surface area contributed by atoms with Crippen LogP contribution in [0.5, 0.6) is 5.75 Å². The van der Waals surface area contributed by atoms with Crippen molar-refractivity contribution in [2.45, 2.75) is 25.4 Å². The third-order valence-electron chi connectivity index (χ3n) is 3.53. The molecule has 0 spiro atoms. The molecule has 1 aromatic carbocycles. The maximum absolute atomic E-state index is 12.2. The van der Waals surface area contributed by atoms with Crippen molar-refractivity contribution in [1.82, 2.24) is 4.98 Å². The normalized spacial score (nSPS) is 14.3. The highest BCUT2D eigenvalue weighted by Crippen LogP contribution is 2.35. The lowest BCUT2D eigenvalue weighted by Gasteiger charge is -2.14. The average Bonchev–Trinajstić information content (AvgIpc) is 2.89. The van der Waals surface area contributed by atoms with Crippen LogP contribution in [0.3, 0.4) is 0 Å². The molecule has 4 nitrogen and oxygen atoms in total. The van der Waals surface area contributed by atoms with Crippen LogP contribution in [-0.2, 0) is 12.8 Å². The molecule has 0 aliphatic heterocycles. The number of halogens is 3. The Labute approximate surface area is 119 Å². The van der Waals surface area contributed by atoms with E-state index in [-0.39, 0.29) is 5.75 Å². The maximum atomic E-state index is 12.2. The number of nitrogens with one attached hydrogen (secondary N) is 1. The molecule has 0 atom stereocenters. The molecule has 112 valence electrons. The highest BCUT2D eigenvalue weighted by molar-refractivity contribution is 5.94. The molecular formula is C14H14F3N3O. The first-order valence-electron chi connectivity index (χ1n) is 6.59. The van der Waals surface area contributed by atoms with Gasteiger partial charge in [-0.25, -0.2) is 0 Å². The molecule has 0 radical (unpaired) electrons. The molecule has 1 aliphatic rings. The van der Waals surface area contributed by atoms with Gasteiger partial charge >= 0.3 is 6.18 Å². The van der Waals surface area contributed by atoms with Gasteiger partial charge in [0.1, 0.15) is 5.75 Å². The van der Waals surface area contributed by atoms with Gasteiger partial charge < -0.3 is 10.2 Å². The van der Waals surface area contributed by atoms with Crippen LogP contribution in [0.25, 0.3) is 10.9 Å². The largest absolute Gasteiger partial charge is 0.484 e. The molecule has 2 aromatic rings. The van der Waals surface area contributed by atoms with Gasteiger partial charge in [0.25, 0.3) is 0 Å². The lowest BCUT2D eigenvalue weighted by Crippen LogP contribution is -2.19. The molecule has 0 saturated heterocycles. The van der Waals surface area contributed by atoms with Crippen molar-refractivity contribution in [3.05, 3.63) is 29.5 Å². The summed E-state index contributed by atoms with van der Waals surface area (Å²) in [6.07, 6.45) is -1.59. The van der Waals surface area contributed by atoms with Crippen molar-refractivity contribution in [2.75, 3.05) is 12.0 Å². The summed E-state index contributed by atoms with van der Waals surface area (Å²) in [5.74, 6) is 5.73. The van der Waals surface area contributed by atoms with Crippen molar-refractivity contribution in [2.24, 2.45) is 5.84 Å². The number of rotatable bonds is 3. The summed E-state index contributed by atoms with van der Waals surface area (Å²) in [6.45, 7) is -1.32. The van der Waals surface area contributed by atoms with Gasteiger partial charge in [-0.2, -0.15) is 13.2 Å². The van der Waals surface area contributed by atoms with Gasteiger partial charge in [0.05, 0.1) is 11.2 Å². The summed E-state index contributed by atoms with van der Waals surface area (Å²) in [4.78, 5) is 4.54. The van der Waals surface area contributed by atoms with Crippen LogP contribution in [0, 0.1) is 0 Å². The summed E-state index contributed by atoms with van der Waals surface area (Å²) < 4.78 is 41.4. The molecule has 3 N–H and O–H groups in total. The Kier molecular flexibility index (Phi) is 3.36. The van der Waals surface area contributed by atoms with Crippen LogP contribution in [0.2, 0.25) is 0 Å². The fourth-order valence-electron chi connectivity index (χ4n) is 2.66. The number of nitrogens with two attached hydrogens (primary N) is 1. The standard InChI is InChI=1S/C14H14F3N3O/c15-14(16,17)7-21-8-4-5-12-10(6-8)13(20-18)9-2-1-3-11(9)19-12/h4-6H,1-3,7,18H2,(H,19,20). The molecule has 0 amide bonds. The van der Waals surface area contributed by atoms with E-state index in [1.165, 1.54) is 6.07 Å². The van der Waals surface area contributed by atoms with Crippen LogP contribution >= 0.6 is 0 Å². The summed E-state index contributed by atoms with van der Waals surface area (Å²) in [5, 5.41) is 0.679. The zero-order chi connectivity index (χ0) is 15.0. The van der Waals surface area contributed by atoms with Gasteiger partial charge in [-0.1, -0.05) is 0 Å². The second kappa shape index (κ2) is 5.07. The van der Waals surface area contributed by atoms with E-state index in [2.05, 4.69) is 10.4 Å². The second-order valence-electron chi connectivity index (χ2n) is 4.99. The van der Waals surface area contributed by atoms with Gasteiger partial charge in [-0.15, -0.1) is 0 Å². The average molecular weight is 297 g/mol. The lowest BCUT2D eigenvalue weighted by atomic mass is 10.1. The number of hydrogen-bond donors (Lipinski definition) is 2. The topological polar surface area (TPSA) is 60.2 Å². The second-order valence-corrected chi connectivity index (χ2v) is 4.99. The van der Waals surface area contributed by atoms with Crippen LogP contribution in [0.1, 0.15) is 17.7 Å². The SMILES string of the molecule is NNc1c2c(nc3ccc(OCC(F)(F)F)cc13)CCC2. The zero-order valence-electron chi connectivity index (χ0n) is 11.1. The monoisotopic (exact) mass is 297 g/mol. The van der Waals surface area contributed by atoms with E-state index < -0.39 is 12.8 Å². The molecule has 1 aliphatic carbocycles. The van der Waals surface area contributed by atoms with Crippen molar-refractivity contribution in [1.29, 1.82) is 0 Å². The van der Waals surface area contributed by atoms with E-state index in [1.54, 1.807) is 12.1 Å².